The molecule has 0 aliphatic heterocycles. The van der Waals surface area contributed by atoms with Crippen molar-refractivity contribution in [1.82, 2.24) is 0 Å². The van der Waals surface area contributed by atoms with Crippen LogP contribution < -0.4 is 4.74 Å². The molecule has 6 heteroatoms. The van der Waals surface area contributed by atoms with E-state index >= 15 is 0 Å². The number of rotatable bonds is 6. The molecular formula is C11H15NO4S. The molecule has 1 aromatic rings. The van der Waals surface area contributed by atoms with E-state index in [1.807, 2.05) is 6.92 Å². The summed E-state index contributed by atoms with van der Waals surface area (Å²) in [7, 11) is 0. The molecule has 0 unspecified atom stereocenters. The molecule has 1 N–H and O–H groups in total. The second-order valence-electron chi connectivity index (χ2n) is 3.43. The summed E-state index contributed by atoms with van der Waals surface area (Å²) in [5.41, 5.74) is -0.0344. The number of nitro benzene ring substituents is 1. The maximum absolute atomic E-state index is 10.8. The first-order valence-corrected chi connectivity index (χ1v) is 6.15. The van der Waals surface area contributed by atoms with Crippen molar-refractivity contribution in [3.05, 3.63) is 28.3 Å². The lowest BCUT2D eigenvalue weighted by Gasteiger charge is -2.09. The van der Waals surface area contributed by atoms with Crippen molar-refractivity contribution in [3.8, 4) is 5.75 Å². The Kier molecular flexibility index (Phi) is 5.24. The molecule has 0 bridgehead atoms. The van der Waals surface area contributed by atoms with Crippen molar-refractivity contribution in [2.24, 2.45) is 0 Å². The van der Waals surface area contributed by atoms with Gasteiger partial charge >= 0.3 is 5.69 Å². The van der Waals surface area contributed by atoms with Crippen LogP contribution in [0.5, 0.6) is 5.75 Å². The zero-order valence-corrected chi connectivity index (χ0v) is 10.6. The van der Waals surface area contributed by atoms with Crippen LogP contribution in [-0.4, -0.2) is 28.5 Å². The van der Waals surface area contributed by atoms with E-state index in [1.54, 1.807) is 19.1 Å². The first kappa shape index (κ1) is 13.8. The zero-order chi connectivity index (χ0) is 12.8. The van der Waals surface area contributed by atoms with E-state index in [2.05, 4.69) is 0 Å². The summed E-state index contributed by atoms with van der Waals surface area (Å²) >= 11 is 1.45. The first-order valence-electron chi connectivity index (χ1n) is 5.27. The van der Waals surface area contributed by atoms with Gasteiger partial charge in [0.25, 0.3) is 0 Å². The Labute approximate surface area is 104 Å². The van der Waals surface area contributed by atoms with Gasteiger partial charge in [0.15, 0.2) is 5.75 Å². The number of hydrogen-bond acceptors (Lipinski definition) is 5. The fourth-order valence-electron chi connectivity index (χ4n) is 1.26. The highest BCUT2D eigenvalue weighted by atomic mass is 32.2. The van der Waals surface area contributed by atoms with Gasteiger partial charge in [0.2, 0.25) is 0 Å². The fraction of sp³-hybridized carbons (Fsp3) is 0.455. The van der Waals surface area contributed by atoms with Gasteiger partial charge in [0.1, 0.15) is 0 Å². The molecule has 0 spiro atoms. The topological polar surface area (TPSA) is 72.6 Å². The average Bonchev–Trinajstić information content (AvgIpc) is 2.29. The van der Waals surface area contributed by atoms with Gasteiger partial charge in [-0.3, -0.25) is 10.1 Å². The predicted molar refractivity (Wildman–Crippen MR) is 66.7 cm³/mol. The van der Waals surface area contributed by atoms with Gasteiger partial charge in [-0.25, -0.2) is 0 Å². The van der Waals surface area contributed by atoms with Crippen LogP contribution in [0.15, 0.2) is 23.1 Å². The summed E-state index contributed by atoms with van der Waals surface area (Å²) in [4.78, 5) is 11.1. The van der Waals surface area contributed by atoms with Crippen molar-refractivity contribution in [2.75, 3.05) is 13.2 Å². The van der Waals surface area contributed by atoms with Crippen LogP contribution in [0.3, 0.4) is 0 Å². The van der Waals surface area contributed by atoms with Crippen molar-refractivity contribution >= 4 is 17.4 Å². The Morgan fingerprint density at radius 3 is 2.82 bits per heavy atom. The third kappa shape index (κ3) is 3.90. The second kappa shape index (κ2) is 6.46. The lowest BCUT2D eigenvalue weighted by molar-refractivity contribution is -0.385. The molecule has 0 aliphatic rings. The maximum atomic E-state index is 10.8. The number of hydrogen-bond donors (Lipinski definition) is 1. The van der Waals surface area contributed by atoms with Crippen molar-refractivity contribution in [2.45, 2.75) is 24.0 Å². The Hall–Kier alpha value is -1.27. The van der Waals surface area contributed by atoms with E-state index in [-0.39, 0.29) is 23.3 Å². The number of nitro groups is 1. The highest BCUT2D eigenvalue weighted by molar-refractivity contribution is 8.00. The van der Waals surface area contributed by atoms with Crippen molar-refractivity contribution < 1.29 is 14.8 Å². The highest BCUT2D eigenvalue weighted by Gasteiger charge is 2.16. The summed E-state index contributed by atoms with van der Waals surface area (Å²) in [5, 5.41) is 19.8. The Morgan fingerprint density at radius 2 is 2.29 bits per heavy atom. The van der Waals surface area contributed by atoms with Gasteiger partial charge in [-0.1, -0.05) is 6.92 Å². The molecule has 0 fully saturated rings. The highest BCUT2D eigenvalue weighted by Crippen LogP contribution is 2.33. The monoisotopic (exact) mass is 257 g/mol. The average molecular weight is 257 g/mol. The normalized spacial score (nSPS) is 12.2. The number of aliphatic hydroxyl groups is 1. The van der Waals surface area contributed by atoms with Gasteiger partial charge in [-0.15, -0.1) is 11.8 Å². The summed E-state index contributed by atoms with van der Waals surface area (Å²) in [6.07, 6.45) is 0. The Bertz CT molecular complexity index is 397. The zero-order valence-electron chi connectivity index (χ0n) is 9.75. The Balaban J connectivity index is 2.96. The molecule has 1 atom stereocenters. The van der Waals surface area contributed by atoms with Gasteiger partial charge in [-0.05, 0) is 13.0 Å². The van der Waals surface area contributed by atoms with E-state index in [4.69, 9.17) is 9.84 Å². The quantitative estimate of drug-likeness (QED) is 0.481. The smallest absolute Gasteiger partial charge is 0.310 e. The fourth-order valence-corrected chi connectivity index (χ4v) is 2.12. The minimum atomic E-state index is -0.463. The molecule has 0 heterocycles. The molecule has 94 valence electrons. The molecule has 0 aromatic heterocycles. The number of nitrogens with zero attached hydrogens (tertiary/aromatic N) is 1. The number of thioether (sulfide) groups is 1. The van der Waals surface area contributed by atoms with Crippen LogP contribution in [0.1, 0.15) is 13.8 Å². The van der Waals surface area contributed by atoms with Crippen LogP contribution in [0.2, 0.25) is 0 Å². The molecule has 17 heavy (non-hydrogen) atoms. The molecule has 1 rings (SSSR count). The molecule has 5 nitrogen and oxygen atoms in total. The number of benzene rings is 1. The van der Waals surface area contributed by atoms with E-state index in [9.17, 15) is 10.1 Å². The predicted octanol–water partition coefficient (Wildman–Crippen LogP) is 2.47. The van der Waals surface area contributed by atoms with Crippen LogP contribution in [0.4, 0.5) is 5.69 Å². The number of ether oxygens (including phenoxy) is 1. The van der Waals surface area contributed by atoms with Crippen LogP contribution in [0.25, 0.3) is 0 Å². The van der Waals surface area contributed by atoms with Crippen molar-refractivity contribution in [1.29, 1.82) is 0 Å². The lowest BCUT2D eigenvalue weighted by Crippen LogP contribution is -2.02. The molecule has 0 amide bonds. The minimum absolute atomic E-state index is 0.0344. The van der Waals surface area contributed by atoms with E-state index in [0.717, 1.165) is 4.90 Å². The summed E-state index contributed by atoms with van der Waals surface area (Å²) in [6.45, 7) is 4.10. The summed E-state index contributed by atoms with van der Waals surface area (Å²) < 4.78 is 5.24. The van der Waals surface area contributed by atoms with E-state index in [0.29, 0.717) is 6.61 Å². The SMILES string of the molecule is CCOc1cc(S[C@@H](C)CO)ccc1[N+](=O)[O-]. The standard InChI is InChI=1S/C11H15NO4S/c1-3-16-11-6-9(17-8(2)7-13)4-5-10(11)12(14)15/h4-6,8,13H,3,7H2,1-2H3/t8-/m0/s1. The van der Waals surface area contributed by atoms with Crippen LogP contribution in [0, 0.1) is 10.1 Å². The van der Waals surface area contributed by atoms with Crippen LogP contribution >= 0.6 is 11.8 Å². The van der Waals surface area contributed by atoms with Gasteiger partial charge < -0.3 is 9.84 Å². The molecule has 1 aromatic carbocycles. The molecular weight excluding hydrogens is 242 g/mol. The summed E-state index contributed by atoms with van der Waals surface area (Å²) in [5.74, 6) is 0.271. The maximum Gasteiger partial charge on any atom is 0.310 e. The minimum Gasteiger partial charge on any atom is -0.487 e. The largest absolute Gasteiger partial charge is 0.487 e. The van der Waals surface area contributed by atoms with Crippen LogP contribution in [-0.2, 0) is 0 Å². The lowest BCUT2D eigenvalue weighted by atomic mass is 10.3. The van der Waals surface area contributed by atoms with Gasteiger partial charge in [0, 0.05) is 22.3 Å². The Morgan fingerprint density at radius 1 is 1.59 bits per heavy atom. The molecule has 0 saturated heterocycles. The molecule has 0 aliphatic carbocycles. The van der Waals surface area contributed by atoms with Gasteiger partial charge in [-0.2, -0.15) is 0 Å². The third-order valence-electron chi connectivity index (χ3n) is 2.02. The van der Waals surface area contributed by atoms with E-state index < -0.39 is 4.92 Å². The van der Waals surface area contributed by atoms with Gasteiger partial charge in [0.05, 0.1) is 18.1 Å². The first-order chi connectivity index (χ1) is 8.08. The molecule has 0 saturated carbocycles. The number of aliphatic hydroxyl groups excluding tert-OH is 1. The third-order valence-corrected chi connectivity index (χ3v) is 3.10. The summed E-state index contributed by atoms with van der Waals surface area (Å²) in [6, 6.07) is 4.73. The van der Waals surface area contributed by atoms with Crippen molar-refractivity contribution in [3.63, 3.8) is 0 Å². The van der Waals surface area contributed by atoms with E-state index in [1.165, 1.54) is 17.8 Å². The molecule has 0 radical (unpaired) electrons. The second-order valence-corrected chi connectivity index (χ2v) is 4.94.